The minimum absolute atomic E-state index is 0.0490. The Bertz CT molecular complexity index is 2990. The molecule has 6 aromatic heterocycles. The van der Waals surface area contributed by atoms with Crippen LogP contribution in [-0.2, 0) is 30.6 Å². The predicted octanol–water partition coefficient (Wildman–Crippen LogP) is 4.37. The Kier molecular flexibility index (Phi) is 11.5. The van der Waals surface area contributed by atoms with Crippen molar-refractivity contribution in [2.24, 2.45) is 9.98 Å². The monoisotopic (exact) mass is 864 g/mol. The molecule has 0 saturated heterocycles. The summed E-state index contributed by atoms with van der Waals surface area (Å²) in [6.45, 7) is -0.279. The Morgan fingerprint density at radius 3 is 1.60 bits per heavy atom. The zero-order chi connectivity index (χ0) is 42.8. The zero-order valence-corrected chi connectivity index (χ0v) is 34.9. The van der Waals surface area contributed by atoms with E-state index in [1.165, 1.54) is 0 Å². The van der Waals surface area contributed by atoms with Crippen LogP contribution >= 0.6 is 23.2 Å². The molecule has 0 radical (unpaired) electrons. The summed E-state index contributed by atoms with van der Waals surface area (Å²) in [7, 11) is 0. The zero-order valence-electron chi connectivity index (χ0n) is 33.4. The second-order valence-corrected chi connectivity index (χ2v) is 16.3. The Balaban J connectivity index is 1.40. The first-order valence-corrected chi connectivity index (χ1v) is 21.1. The number of rotatable bonds is 12. The van der Waals surface area contributed by atoms with Crippen LogP contribution in [-0.4, -0.2) is 93.2 Å². The highest BCUT2D eigenvalue weighted by atomic mass is 35.5. The van der Waals surface area contributed by atoms with Crippen LogP contribution < -0.4 is 10.7 Å². The van der Waals surface area contributed by atoms with Crippen molar-refractivity contribution in [2.75, 3.05) is 26.4 Å². The Morgan fingerprint density at radius 1 is 0.516 bits per heavy atom. The van der Waals surface area contributed by atoms with Crippen molar-refractivity contribution in [1.82, 2.24) is 29.9 Å². The molecule has 14 heteroatoms. The van der Waals surface area contributed by atoms with Gasteiger partial charge in [-0.05, 0) is 119 Å². The van der Waals surface area contributed by atoms with Gasteiger partial charge in [0.2, 0.25) is 0 Å². The van der Waals surface area contributed by atoms with Crippen LogP contribution in [0.25, 0.3) is 16.7 Å². The molecule has 8 bridgehead atoms. The fourth-order valence-corrected chi connectivity index (χ4v) is 9.01. The number of alkyl halides is 2. The highest BCUT2D eigenvalue weighted by molar-refractivity contribution is 6.40. The van der Waals surface area contributed by atoms with E-state index in [0.29, 0.717) is 76.8 Å². The molecule has 6 N–H and O–H groups in total. The number of hydrogen-bond acceptors (Lipinski definition) is 10. The van der Waals surface area contributed by atoms with Crippen molar-refractivity contribution in [2.45, 2.75) is 35.6 Å². The van der Waals surface area contributed by atoms with E-state index in [1.54, 1.807) is 30.9 Å². The maximum Gasteiger partial charge on any atom is 0.181 e. The molecule has 3 aliphatic heterocycles. The maximum atomic E-state index is 9.89. The van der Waals surface area contributed by atoms with E-state index < -0.39 is 9.87 Å². The normalized spacial score (nSPS) is 19.4. The van der Waals surface area contributed by atoms with Gasteiger partial charge in [0.05, 0.1) is 17.1 Å². The molecule has 312 valence electrons. The second-order valence-electron chi connectivity index (χ2n) is 15.1. The molecular formula is C48H42Cl2N8O4. The number of fused-ring (bicyclic) bond motifs is 6. The summed E-state index contributed by atoms with van der Waals surface area (Å²) >= 11 is 15.9. The average molecular weight is 866 g/mol. The standard InChI is InChI=1S/C48H42Cl2N8O4/c49-47-16-7-42(58-47)46(31-10-19-53-35(27-31)14-23-61)40-4-3-38(56-40)44(29-8-17-51-33(25-29)12-21-59)37-1-2-39(55-37)45(30-9-18-52-34(26-30)13-22-60)41-5-6-43(57-41)48(47,50)32-11-20-54-36(28-32)15-24-62/h1-11,16-20,25-28,56-57,59-62H,12-15,21-24H2. The van der Waals surface area contributed by atoms with Gasteiger partial charge < -0.3 is 30.4 Å². The number of aromatic nitrogens is 6. The van der Waals surface area contributed by atoms with Gasteiger partial charge in [-0.3, -0.25) is 24.9 Å². The Hall–Kier alpha value is -6.12. The molecular weight excluding hydrogens is 823 g/mol. The first-order valence-electron chi connectivity index (χ1n) is 20.3. The number of halogens is 2. The molecule has 0 saturated carbocycles. The number of aliphatic hydroxyl groups is 4. The summed E-state index contributed by atoms with van der Waals surface area (Å²) in [5.41, 5.74) is 11.3. The molecule has 62 heavy (non-hydrogen) atoms. The Labute approximate surface area is 366 Å². The van der Waals surface area contributed by atoms with Crippen LogP contribution in [0.2, 0.25) is 0 Å². The van der Waals surface area contributed by atoms with Crippen molar-refractivity contribution in [3.63, 3.8) is 0 Å². The lowest BCUT2D eigenvalue weighted by atomic mass is 9.87. The van der Waals surface area contributed by atoms with Gasteiger partial charge in [0.25, 0.3) is 0 Å². The van der Waals surface area contributed by atoms with Gasteiger partial charge in [0, 0.05) is 138 Å². The summed E-state index contributed by atoms with van der Waals surface area (Å²) in [5, 5.41) is 40.9. The summed E-state index contributed by atoms with van der Waals surface area (Å²) in [6, 6.07) is 23.1. The predicted molar refractivity (Wildman–Crippen MR) is 240 cm³/mol. The fourth-order valence-electron chi connectivity index (χ4n) is 8.31. The number of aliphatic hydroxyl groups excluding tert-OH is 4. The topological polar surface area (TPSA) is 189 Å². The smallest absolute Gasteiger partial charge is 0.181 e. The van der Waals surface area contributed by atoms with Crippen LogP contribution in [0.3, 0.4) is 0 Å². The number of nitrogens with zero attached hydrogens (tertiary/aromatic N) is 6. The first kappa shape index (κ1) is 41.2. The second kappa shape index (κ2) is 17.3. The van der Waals surface area contributed by atoms with E-state index in [1.807, 2.05) is 91.0 Å². The largest absolute Gasteiger partial charge is 0.396 e. The van der Waals surface area contributed by atoms with E-state index in [4.69, 9.17) is 33.2 Å². The van der Waals surface area contributed by atoms with Crippen molar-refractivity contribution < 1.29 is 20.4 Å². The van der Waals surface area contributed by atoms with Crippen LogP contribution in [0, 0.1) is 0 Å². The molecule has 0 aliphatic carbocycles. The third-order valence-electron chi connectivity index (χ3n) is 11.2. The minimum atomic E-state index is -1.61. The molecule has 3 aliphatic rings. The van der Waals surface area contributed by atoms with Gasteiger partial charge in [-0.1, -0.05) is 11.6 Å². The van der Waals surface area contributed by atoms with Gasteiger partial charge in [-0.15, -0.1) is 11.6 Å². The molecule has 0 spiro atoms. The Morgan fingerprint density at radius 2 is 1.03 bits per heavy atom. The van der Waals surface area contributed by atoms with E-state index in [9.17, 15) is 20.4 Å². The quantitative estimate of drug-likeness (QED) is 0.0773. The summed E-state index contributed by atoms with van der Waals surface area (Å²) < 4.78 is 0. The van der Waals surface area contributed by atoms with Crippen molar-refractivity contribution >= 4 is 51.3 Å². The van der Waals surface area contributed by atoms with E-state index in [0.717, 1.165) is 49.8 Å². The number of nitrogens with one attached hydrogen (secondary N) is 2. The third kappa shape index (κ3) is 7.59. The van der Waals surface area contributed by atoms with E-state index in [-0.39, 0.29) is 26.4 Å². The number of H-pyrrole nitrogens is 2. The number of allylic oxidation sites excluding steroid dienone is 3. The fraction of sp³-hybridized carbons (Fsp3) is 0.208. The number of aromatic amines is 2. The lowest BCUT2D eigenvalue weighted by Crippen LogP contribution is -2.41. The molecule has 12 nitrogen and oxygen atoms in total. The average Bonchev–Trinajstić information content (AvgIpc) is 4.12. The van der Waals surface area contributed by atoms with Gasteiger partial charge >= 0.3 is 0 Å². The maximum absolute atomic E-state index is 9.89. The van der Waals surface area contributed by atoms with Gasteiger partial charge in [-0.2, -0.15) is 0 Å². The third-order valence-corrected chi connectivity index (χ3v) is 12.5. The lowest BCUT2D eigenvalue weighted by molar-refractivity contribution is 0.298. The van der Waals surface area contributed by atoms with Crippen LogP contribution in [0.5, 0.6) is 0 Å². The summed E-state index contributed by atoms with van der Waals surface area (Å²) in [6.07, 6.45) is 15.9. The van der Waals surface area contributed by atoms with E-state index >= 15 is 0 Å². The van der Waals surface area contributed by atoms with Crippen LogP contribution in [0.4, 0.5) is 0 Å². The molecule has 2 atom stereocenters. The molecule has 0 fully saturated rings. The van der Waals surface area contributed by atoms with Crippen molar-refractivity contribution in [3.8, 4) is 0 Å². The van der Waals surface area contributed by atoms with Crippen molar-refractivity contribution in [3.05, 3.63) is 195 Å². The molecule has 0 aromatic carbocycles. The van der Waals surface area contributed by atoms with E-state index in [2.05, 4.69) is 29.9 Å². The number of aliphatic imine (C=N–C) groups is 2. The van der Waals surface area contributed by atoms with Crippen molar-refractivity contribution in [1.29, 1.82) is 0 Å². The first-order chi connectivity index (χ1) is 30.2. The SMILES string of the molecule is OCCc1cc(C2=C3C=CC(=N3)C(c3ccnc(CCO)c3)=c3ccc([nH]3)=C(c3ccnc(CCO)c3)C3=NC(Cl)(C=C3)C(Cl)(c3ccnc(CCO)c3)c3ccc2[nH]3)ccn1. The molecule has 2 unspecified atom stereocenters. The van der Waals surface area contributed by atoms with Gasteiger partial charge in [-0.25, -0.2) is 4.99 Å². The molecule has 6 aromatic rings. The summed E-state index contributed by atoms with van der Waals surface area (Å²) in [5.74, 6) is 0. The highest BCUT2D eigenvalue weighted by Crippen LogP contribution is 2.53. The summed E-state index contributed by atoms with van der Waals surface area (Å²) in [4.78, 5) is 32.9. The number of pyridine rings is 4. The number of hydrogen-bond donors (Lipinski definition) is 6. The van der Waals surface area contributed by atoms with Crippen LogP contribution in [0.15, 0.2) is 138 Å². The lowest BCUT2D eigenvalue weighted by Gasteiger charge is -2.37. The molecule has 9 rings (SSSR count). The molecule has 0 amide bonds. The minimum Gasteiger partial charge on any atom is -0.396 e. The van der Waals surface area contributed by atoms with Gasteiger partial charge in [0.15, 0.2) is 9.87 Å². The molecule has 9 heterocycles. The van der Waals surface area contributed by atoms with Crippen LogP contribution in [0.1, 0.15) is 56.4 Å². The highest BCUT2D eigenvalue weighted by Gasteiger charge is 2.54. The van der Waals surface area contributed by atoms with Gasteiger partial charge in [0.1, 0.15) is 0 Å².